The Hall–Kier alpha value is -1.95. The molecule has 3 rings (SSSR count). The Bertz CT molecular complexity index is 572. The van der Waals surface area contributed by atoms with E-state index in [0.29, 0.717) is 26.2 Å². The number of carbonyl (C=O) groups is 2. The molecule has 2 amide bonds. The molecule has 1 aromatic rings. The summed E-state index contributed by atoms with van der Waals surface area (Å²) in [5, 5.41) is 3.17. The highest BCUT2D eigenvalue weighted by Crippen LogP contribution is 2.16. The summed E-state index contributed by atoms with van der Waals surface area (Å²) >= 11 is 0. The first-order valence-corrected chi connectivity index (χ1v) is 7.65. The molecule has 1 N–H and O–H groups in total. The van der Waals surface area contributed by atoms with E-state index in [1.54, 1.807) is 21.9 Å². The fraction of sp³-hybridized carbons (Fsp3) is 0.500. The van der Waals surface area contributed by atoms with Crippen LogP contribution in [-0.4, -0.2) is 54.3 Å². The number of nitrogens with zero attached hydrogens (tertiary/aromatic N) is 2. The Morgan fingerprint density at radius 2 is 2.23 bits per heavy atom. The Morgan fingerprint density at radius 3 is 2.91 bits per heavy atom. The first kappa shape index (κ1) is 15.0. The number of carbonyl (C=O) groups excluding carboxylic acids is 2. The van der Waals surface area contributed by atoms with Crippen LogP contribution in [0.2, 0.25) is 0 Å². The highest BCUT2D eigenvalue weighted by molar-refractivity contribution is 5.87. The summed E-state index contributed by atoms with van der Waals surface area (Å²) in [6.45, 7) is 3.15. The van der Waals surface area contributed by atoms with E-state index in [0.717, 1.165) is 18.5 Å². The summed E-state index contributed by atoms with van der Waals surface area (Å²) in [6.07, 6.45) is 0.844. The Balaban J connectivity index is 1.58. The van der Waals surface area contributed by atoms with Gasteiger partial charge in [0.05, 0.1) is 12.5 Å². The van der Waals surface area contributed by atoms with Crippen molar-refractivity contribution in [2.24, 2.45) is 5.92 Å². The molecule has 0 aliphatic carbocycles. The lowest BCUT2D eigenvalue weighted by Gasteiger charge is -2.35. The first-order valence-electron chi connectivity index (χ1n) is 7.65. The molecule has 2 fully saturated rings. The first-order chi connectivity index (χ1) is 10.6. The van der Waals surface area contributed by atoms with Crippen molar-refractivity contribution in [3.8, 4) is 0 Å². The second-order valence-corrected chi connectivity index (χ2v) is 5.89. The van der Waals surface area contributed by atoms with E-state index in [9.17, 15) is 14.0 Å². The van der Waals surface area contributed by atoms with Crippen molar-refractivity contribution < 1.29 is 14.0 Å². The molecule has 1 unspecified atom stereocenters. The average Bonchev–Trinajstić information content (AvgIpc) is 3.03. The maximum absolute atomic E-state index is 13.2. The third-order valence-corrected chi connectivity index (χ3v) is 4.30. The predicted octanol–water partition coefficient (Wildman–Crippen LogP) is 0.606. The molecule has 0 bridgehead atoms. The van der Waals surface area contributed by atoms with Gasteiger partial charge in [-0.15, -0.1) is 0 Å². The number of hydrogen-bond acceptors (Lipinski definition) is 3. The summed E-state index contributed by atoms with van der Waals surface area (Å²) in [5.41, 5.74) is 0.771. The Kier molecular flexibility index (Phi) is 4.38. The highest BCUT2D eigenvalue weighted by Gasteiger charge is 2.32. The van der Waals surface area contributed by atoms with Crippen LogP contribution in [0.25, 0.3) is 0 Å². The van der Waals surface area contributed by atoms with Gasteiger partial charge in [-0.3, -0.25) is 9.59 Å². The molecule has 2 aliphatic heterocycles. The standard InChI is InChI=1S/C16H20FN3O2/c17-14-3-1-2-12(8-14)10-19-6-7-20(11-15(19)21)16(22)13-4-5-18-9-13/h1-3,8,13,18H,4-7,9-11H2. The minimum Gasteiger partial charge on any atom is -0.335 e. The lowest BCUT2D eigenvalue weighted by atomic mass is 10.1. The van der Waals surface area contributed by atoms with Crippen LogP contribution in [0.4, 0.5) is 4.39 Å². The van der Waals surface area contributed by atoms with Crippen LogP contribution in [0.15, 0.2) is 24.3 Å². The number of halogens is 1. The molecule has 22 heavy (non-hydrogen) atoms. The largest absolute Gasteiger partial charge is 0.335 e. The van der Waals surface area contributed by atoms with Gasteiger partial charge in [0.1, 0.15) is 5.82 Å². The van der Waals surface area contributed by atoms with Crippen LogP contribution in [0.3, 0.4) is 0 Å². The van der Waals surface area contributed by atoms with Crippen molar-refractivity contribution in [2.75, 3.05) is 32.7 Å². The lowest BCUT2D eigenvalue weighted by Crippen LogP contribution is -2.53. The molecule has 0 spiro atoms. The van der Waals surface area contributed by atoms with Gasteiger partial charge < -0.3 is 15.1 Å². The van der Waals surface area contributed by atoms with Gasteiger partial charge in [-0.25, -0.2) is 4.39 Å². The molecule has 1 aromatic carbocycles. The average molecular weight is 305 g/mol. The number of amides is 2. The molecule has 0 aromatic heterocycles. The smallest absolute Gasteiger partial charge is 0.242 e. The van der Waals surface area contributed by atoms with Crippen molar-refractivity contribution in [3.63, 3.8) is 0 Å². The summed E-state index contributed by atoms with van der Waals surface area (Å²) in [7, 11) is 0. The van der Waals surface area contributed by atoms with E-state index in [-0.39, 0.29) is 30.1 Å². The molecular formula is C16H20FN3O2. The van der Waals surface area contributed by atoms with Gasteiger partial charge in [0.25, 0.3) is 0 Å². The molecule has 2 saturated heterocycles. The fourth-order valence-electron chi connectivity index (χ4n) is 3.04. The zero-order valence-corrected chi connectivity index (χ0v) is 12.4. The van der Waals surface area contributed by atoms with Crippen molar-refractivity contribution in [2.45, 2.75) is 13.0 Å². The zero-order valence-electron chi connectivity index (χ0n) is 12.4. The normalized spacial score (nSPS) is 22.2. The molecule has 0 saturated carbocycles. The van der Waals surface area contributed by atoms with E-state index in [1.807, 2.05) is 0 Å². The van der Waals surface area contributed by atoms with E-state index >= 15 is 0 Å². The quantitative estimate of drug-likeness (QED) is 0.890. The summed E-state index contributed by atoms with van der Waals surface area (Å²) in [6, 6.07) is 6.27. The van der Waals surface area contributed by atoms with Gasteiger partial charge in [-0.05, 0) is 30.7 Å². The van der Waals surface area contributed by atoms with E-state index in [4.69, 9.17) is 0 Å². The van der Waals surface area contributed by atoms with E-state index < -0.39 is 0 Å². The summed E-state index contributed by atoms with van der Waals surface area (Å²) < 4.78 is 13.2. The number of nitrogens with one attached hydrogen (secondary N) is 1. The van der Waals surface area contributed by atoms with E-state index in [2.05, 4.69) is 5.32 Å². The minimum absolute atomic E-state index is 0.00238. The SMILES string of the molecule is O=C1CN(C(=O)C2CCNC2)CCN1Cc1cccc(F)c1. The number of piperazine rings is 1. The molecular weight excluding hydrogens is 285 g/mol. The third-order valence-electron chi connectivity index (χ3n) is 4.30. The van der Waals surface area contributed by atoms with Crippen LogP contribution in [0, 0.1) is 11.7 Å². The molecule has 2 heterocycles. The van der Waals surface area contributed by atoms with Crippen LogP contribution in [0.1, 0.15) is 12.0 Å². The highest BCUT2D eigenvalue weighted by atomic mass is 19.1. The lowest BCUT2D eigenvalue weighted by molar-refractivity contribution is -0.147. The monoisotopic (exact) mass is 305 g/mol. The Labute approximate surface area is 129 Å². The molecule has 5 nitrogen and oxygen atoms in total. The van der Waals surface area contributed by atoms with Crippen LogP contribution < -0.4 is 5.32 Å². The molecule has 1 atom stereocenters. The van der Waals surface area contributed by atoms with Crippen molar-refractivity contribution >= 4 is 11.8 Å². The van der Waals surface area contributed by atoms with Gasteiger partial charge >= 0.3 is 0 Å². The van der Waals surface area contributed by atoms with Gasteiger partial charge in [-0.1, -0.05) is 12.1 Å². The summed E-state index contributed by atoms with van der Waals surface area (Å²) in [4.78, 5) is 27.9. The molecule has 0 radical (unpaired) electrons. The summed E-state index contributed by atoms with van der Waals surface area (Å²) in [5.74, 6) is -0.298. The zero-order chi connectivity index (χ0) is 15.5. The van der Waals surface area contributed by atoms with Gasteiger partial charge in [0, 0.05) is 26.2 Å². The van der Waals surface area contributed by atoms with Crippen LogP contribution in [0.5, 0.6) is 0 Å². The third kappa shape index (κ3) is 3.27. The minimum atomic E-state index is -0.299. The number of benzene rings is 1. The predicted molar refractivity (Wildman–Crippen MR) is 79.4 cm³/mol. The van der Waals surface area contributed by atoms with Crippen molar-refractivity contribution in [1.29, 1.82) is 0 Å². The Morgan fingerprint density at radius 1 is 1.36 bits per heavy atom. The number of hydrogen-bond donors (Lipinski definition) is 1. The molecule has 2 aliphatic rings. The van der Waals surface area contributed by atoms with Crippen LogP contribution >= 0.6 is 0 Å². The molecule has 6 heteroatoms. The fourth-order valence-corrected chi connectivity index (χ4v) is 3.04. The van der Waals surface area contributed by atoms with Gasteiger partial charge in [-0.2, -0.15) is 0 Å². The van der Waals surface area contributed by atoms with Gasteiger partial charge in [0.2, 0.25) is 11.8 Å². The second-order valence-electron chi connectivity index (χ2n) is 5.89. The maximum atomic E-state index is 13.2. The van der Waals surface area contributed by atoms with Gasteiger partial charge in [0.15, 0.2) is 0 Å². The number of rotatable bonds is 3. The van der Waals surface area contributed by atoms with E-state index in [1.165, 1.54) is 12.1 Å². The second kappa shape index (κ2) is 6.44. The topological polar surface area (TPSA) is 52.7 Å². The van der Waals surface area contributed by atoms with Crippen LogP contribution in [-0.2, 0) is 16.1 Å². The maximum Gasteiger partial charge on any atom is 0.242 e. The molecule has 118 valence electrons. The van der Waals surface area contributed by atoms with Crippen molar-refractivity contribution in [1.82, 2.24) is 15.1 Å². The van der Waals surface area contributed by atoms with Crippen molar-refractivity contribution in [3.05, 3.63) is 35.6 Å².